The molecule has 0 N–H and O–H groups in total. The third-order valence-corrected chi connectivity index (χ3v) is 2.10. The minimum Gasteiger partial charge on any atom is -0.358 e. The number of halogens is 2. The van der Waals surface area contributed by atoms with Crippen LogP contribution in [0.3, 0.4) is 0 Å². The molecule has 1 aromatic heterocycles. The minimum atomic E-state index is -0.553. The lowest BCUT2D eigenvalue weighted by molar-refractivity contribution is -0.390. The van der Waals surface area contributed by atoms with Gasteiger partial charge < -0.3 is 10.1 Å². The number of nitro groups is 1. The molecule has 0 fully saturated rings. The lowest BCUT2D eigenvalue weighted by Gasteiger charge is -1.95. The first-order valence-corrected chi connectivity index (χ1v) is 4.32. The molecule has 6 heteroatoms. The standard InChI is InChI=1S/C6H4BrClN2O2/c7-5-1-4(2-8)3-9-6(5)10(11)12/h1,3H,2H2. The Morgan fingerprint density at radius 2 is 2.42 bits per heavy atom. The smallest absolute Gasteiger partial charge is 0.358 e. The molecular weight excluding hydrogens is 247 g/mol. The van der Waals surface area contributed by atoms with Gasteiger partial charge in [-0.1, -0.05) is 0 Å². The molecule has 0 bridgehead atoms. The van der Waals surface area contributed by atoms with Gasteiger partial charge in [0.25, 0.3) is 0 Å². The Morgan fingerprint density at radius 1 is 1.75 bits per heavy atom. The van der Waals surface area contributed by atoms with Gasteiger partial charge in [-0.2, -0.15) is 0 Å². The predicted molar refractivity (Wildman–Crippen MR) is 48.1 cm³/mol. The van der Waals surface area contributed by atoms with Gasteiger partial charge in [-0.05, 0) is 31.9 Å². The van der Waals surface area contributed by atoms with E-state index < -0.39 is 4.92 Å². The van der Waals surface area contributed by atoms with Crippen molar-refractivity contribution in [2.24, 2.45) is 0 Å². The normalized spacial score (nSPS) is 9.83. The van der Waals surface area contributed by atoms with Crippen LogP contribution in [0.15, 0.2) is 16.7 Å². The Morgan fingerprint density at radius 3 is 2.83 bits per heavy atom. The number of aromatic nitrogens is 1. The topological polar surface area (TPSA) is 56.0 Å². The lowest BCUT2D eigenvalue weighted by atomic mass is 10.3. The number of pyridine rings is 1. The SMILES string of the molecule is O=[N+]([O-])c1ncc(CCl)cc1Br. The Bertz CT molecular complexity index is 318. The van der Waals surface area contributed by atoms with Crippen LogP contribution in [-0.2, 0) is 5.88 Å². The molecule has 0 aliphatic rings. The molecular formula is C6H4BrClN2O2. The van der Waals surface area contributed by atoms with E-state index in [-0.39, 0.29) is 5.82 Å². The van der Waals surface area contributed by atoms with Gasteiger partial charge in [0.1, 0.15) is 10.7 Å². The van der Waals surface area contributed by atoms with Gasteiger partial charge in [-0.15, -0.1) is 11.6 Å². The highest BCUT2D eigenvalue weighted by Gasteiger charge is 2.12. The average molecular weight is 251 g/mol. The second kappa shape index (κ2) is 3.82. The van der Waals surface area contributed by atoms with E-state index in [1.54, 1.807) is 6.07 Å². The van der Waals surface area contributed by atoms with Crippen molar-refractivity contribution in [3.8, 4) is 0 Å². The van der Waals surface area contributed by atoms with Crippen LogP contribution < -0.4 is 0 Å². The highest BCUT2D eigenvalue weighted by Crippen LogP contribution is 2.22. The minimum absolute atomic E-state index is 0.191. The number of rotatable bonds is 2. The van der Waals surface area contributed by atoms with Crippen molar-refractivity contribution in [2.75, 3.05) is 0 Å². The summed E-state index contributed by atoms with van der Waals surface area (Å²) in [5, 5.41) is 10.3. The van der Waals surface area contributed by atoms with Crippen LogP contribution in [0.5, 0.6) is 0 Å². The van der Waals surface area contributed by atoms with Crippen molar-refractivity contribution in [1.82, 2.24) is 4.98 Å². The summed E-state index contributed by atoms with van der Waals surface area (Å²) in [6.45, 7) is 0. The van der Waals surface area contributed by atoms with Crippen molar-refractivity contribution in [2.45, 2.75) is 5.88 Å². The van der Waals surface area contributed by atoms with Crippen LogP contribution in [0.25, 0.3) is 0 Å². The highest BCUT2D eigenvalue weighted by molar-refractivity contribution is 9.10. The largest absolute Gasteiger partial charge is 0.377 e. The first-order valence-electron chi connectivity index (χ1n) is 3.00. The molecule has 4 nitrogen and oxygen atoms in total. The van der Waals surface area contributed by atoms with Crippen LogP contribution in [-0.4, -0.2) is 9.91 Å². The van der Waals surface area contributed by atoms with Crippen molar-refractivity contribution in [3.05, 3.63) is 32.4 Å². The van der Waals surface area contributed by atoms with E-state index >= 15 is 0 Å². The maximum atomic E-state index is 10.3. The number of hydrogen-bond acceptors (Lipinski definition) is 3. The van der Waals surface area contributed by atoms with Gasteiger partial charge in [-0.3, -0.25) is 0 Å². The van der Waals surface area contributed by atoms with E-state index in [2.05, 4.69) is 20.9 Å². The predicted octanol–water partition coefficient (Wildman–Crippen LogP) is 2.49. The van der Waals surface area contributed by atoms with Gasteiger partial charge in [0.2, 0.25) is 0 Å². The lowest BCUT2D eigenvalue weighted by Crippen LogP contribution is -1.94. The fourth-order valence-electron chi connectivity index (χ4n) is 0.678. The van der Waals surface area contributed by atoms with E-state index in [4.69, 9.17) is 11.6 Å². The summed E-state index contributed by atoms with van der Waals surface area (Å²) in [4.78, 5) is 13.4. The molecule has 0 saturated carbocycles. The number of nitrogens with zero attached hydrogens (tertiary/aromatic N) is 2. The Kier molecular flexibility index (Phi) is 2.99. The molecule has 0 aliphatic carbocycles. The maximum absolute atomic E-state index is 10.3. The molecule has 0 aliphatic heterocycles. The Labute approximate surface area is 81.8 Å². The second-order valence-electron chi connectivity index (χ2n) is 2.04. The zero-order chi connectivity index (χ0) is 9.14. The van der Waals surface area contributed by atoms with Crippen molar-refractivity contribution in [1.29, 1.82) is 0 Å². The summed E-state index contributed by atoms with van der Waals surface area (Å²) < 4.78 is 0.352. The van der Waals surface area contributed by atoms with Crippen LogP contribution >= 0.6 is 27.5 Å². The van der Waals surface area contributed by atoms with Gasteiger partial charge in [0.15, 0.2) is 0 Å². The summed E-state index contributed by atoms with van der Waals surface area (Å²) in [7, 11) is 0. The summed E-state index contributed by atoms with van der Waals surface area (Å²) in [6, 6.07) is 1.58. The first-order chi connectivity index (χ1) is 5.65. The maximum Gasteiger partial charge on any atom is 0.377 e. The molecule has 0 aromatic carbocycles. The molecule has 0 unspecified atom stereocenters. The van der Waals surface area contributed by atoms with Crippen LogP contribution in [0.4, 0.5) is 5.82 Å². The average Bonchev–Trinajstić information content (AvgIpc) is 2.03. The Balaban J connectivity index is 3.12. The van der Waals surface area contributed by atoms with E-state index in [1.165, 1.54) is 6.20 Å². The zero-order valence-electron chi connectivity index (χ0n) is 5.83. The summed E-state index contributed by atoms with van der Waals surface area (Å²) in [5.74, 6) is 0.104. The van der Waals surface area contributed by atoms with Crippen LogP contribution in [0, 0.1) is 10.1 Å². The van der Waals surface area contributed by atoms with Gasteiger partial charge >= 0.3 is 5.82 Å². The summed E-state index contributed by atoms with van der Waals surface area (Å²) >= 11 is 8.53. The second-order valence-corrected chi connectivity index (χ2v) is 3.16. The zero-order valence-corrected chi connectivity index (χ0v) is 8.17. The molecule has 1 aromatic rings. The molecule has 0 saturated heterocycles. The molecule has 0 atom stereocenters. The van der Waals surface area contributed by atoms with E-state index in [1.807, 2.05) is 0 Å². The molecule has 0 amide bonds. The molecule has 0 radical (unpaired) electrons. The third kappa shape index (κ3) is 1.92. The van der Waals surface area contributed by atoms with E-state index in [0.29, 0.717) is 10.4 Å². The third-order valence-electron chi connectivity index (χ3n) is 1.21. The number of hydrogen-bond donors (Lipinski definition) is 0. The van der Waals surface area contributed by atoms with Crippen molar-refractivity contribution < 1.29 is 4.92 Å². The molecule has 1 rings (SSSR count). The summed E-state index contributed by atoms with van der Waals surface area (Å²) in [6.07, 6.45) is 1.38. The molecule has 64 valence electrons. The van der Waals surface area contributed by atoms with Crippen LogP contribution in [0.1, 0.15) is 5.56 Å². The van der Waals surface area contributed by atoms with Crippen molar-refractivity contribution in [3.63, 3.8) is 0 Å². The molecule has 12 heavy (non-hydrogen) atoms. The molecule has 1 heterocycles. The van der Waals surface area contributed by atoms with Crippen LogP contribution in [0.2, 0.25) is 0 Å². The summed E-state index contributed by atoms with van der Waals surface area (Å²) in [5.41, 5.74) is 0.745. The Hall–Kier alpha value is -0.680. The fourth-order valence-corrected chi connectivity index (χ4v) is 1.37. The molecule has 0 spiro atoms. The van der Waals surface area contributed by atoms with E-state index in [0.717, 1.165) is 5.56 Å². The van der Waals surface area contributed by atoms with Gasteiger partial charge in [-0.25, -0.2) is 0 Å². The number of alkyl halides is 1. The monoisotopic (exact) mass is 250 g/mol. The van der Waals surface area contributed by atoms with Gasteiger partial charge in [0.05, 0.1) is 5.88 Å². The highest BCUT2D eigenvalue weighted by atomic mass is 79.9. The van der Waals surface area contributed by atoms with Gasteiger partial charge in [0, 0.05) is 5.56 Å². The first kappa shape index (κ1) is 9.41. The quantitative estimate of drug-likeness (QED) is 0.461. The fraction of sp³-hybridized carbons (Fsp3) is 0.167. The van der Waals surface area contributed by atoms with E-state index in [9.17, 15) is 10.1 Å². The van der Waals surface area contributed by atoms with Crippen molar-refractivity contribution >= 4 is 33.3 Å².